The van der Waals surface area contributed by atoms with Gasteiger partial charge in [-0.05, 0) is 18.4 Å². The first kappa shape index (κ1) is 22.7. The van der Waals surface area contributed by atoms with Crippen LogP contribution in [0, 0.1) is 0 Å². The molecule has 25 heavy (non-hydrogen) atoms. The fourth-order valence-electron chi connectivity index (χ4n) is 1.67. The molecule has 7 N–H and O–H groups in total. The third-order valence-electron chi connectivity index (χ3n) is 2.88. The first-order valence-electron chi connectivity index (χ1n) is 7.21. The maximum Gasteiger partial charge on any atom is 0.326 e. The molecule has 0 bridgehead atoms. The van der Waals surface area contributed by atoms with Crippen molar-refractivity contribution in [3.63, 3.8) is 0 Å². The van der Waals surface area contributed by atoms with E-state index in [0.29, 0.717) is 12.2 Å². The average molecular weight is 378 g/mol. The van der Waals surface area contributed by atoms with Crippen molar-refractivity contribution in [2.24, 2.45) is 5.73 Å². The van der Waals surface area contributed by atoms with Gasteiger partial charge in [-0.2, -0.15) is 11.8 Å². The molecule has 12 heteroatoms. The van der Waals surface area contributed by atoms with Crippen LogP contribution < -0.4 is 21.7 Å². The minimum absolute atomic E-state index is 0.293. The quantitative estimate of drug-likeness (QED) is 0.211. The summed E-state index contributed by atoms with van der Waals surface area (Å²) in [7, 11) is 0. The van der Waals surface area contributed by atoms with E-state index in [9.17, 15) is 24.0 Å². The minimum Gasteiger partial charge on any atom is -0.481 e. The summed E-state index contributed by atoms with van der Waals surface area (Å²) >= 11 is 1.46. The molecule has 2 atom stereocenters. The second-order valence-electron chi connectivity index (χ2n) is 4.88. The number of rotatable bonds is 12. The van der Waals surface area contributed by atoms with Gasteiger partial charge in [-0.1, -0.05) is 0 Å². The van der Waals surface area contributed by atoms with Gasteiger partial charge in [0, 0.05) is 0 Å². The lowest BCUT2D eigenvalue weighted by Crippen LogP contribution is -2.52. The van der Waals surface area contributed by atoms with Crippen LogP contribution in [0.5, 0.6) is 0 Å². The van der Waals surface area contributed by atoms with Gasteiger partial charge >= 0.3 is 11.9 Å². The number of hydrogen-bond donors (Lipinski definition) is 6. The molecule has 2 unspecified atom stereocenters. The SMILES string of the molecule is CSCCC(NC(=O)CN)C(=O)NCC(=O)NC(CC(=O)O)C(=O)O. The maximum atomic E-state index is 12.0. The van der Waals surface area contributed by atoms with Gasteiger partial charge in [-0.25, -0.2) is 4.79 Å². The number of carbonyl (C=O) groups excluding carboxylic acids is 3. The molecule has 0 aromatic rings. The summed E-state index contributed by atoms with van der Waals surface area (Å²) in [4.78, 5) is 56.4. The van der Waals surface area contributed by atoms with E-state index in [1.165, 1.54) is 11.8 Å². The molecule has 0 heterocycles. The summed E-state index contributed by atoms with van der Waals surface area (Å²) in [6, 6.07) is -2.49. The Hall–Kier alpha value is -2.34. The topological polar surface area (TPSA) is 188 Å². The van der Waals surface area contributed by atoms with Gasteiger partial charge < -0.3 is 31.9 Å². The summed E-state index contributed by atoms with van der Waals surface area (Å²) < 4.78 is 0. The maximum absolute atomic E-state index is 12.0. The number of carboxylic acid groups (broad SMARTS) is 2. The zero-order chi connectivity index (χ0) is 19.4. The molecule has 0 aromatic heterocycles. The molecular weight excluding hydrogens is 356 g/mol. The third kappa shape index (κ3) is 10.2. The predicted octanol–water partition coefficient (Wildman–Crippen LogP) is -2.66. The summed E-state index contributed by atoms with van der Waals surface area (Å²) in [5.41, 5.74) is 5.18. The molecule has 0 radical (unpaired) electrons. The highest BCUT2D eigenvalue weighted by Crippen LogP contribution is 2.01. The largest absolute Gasteiger partial charge is 0.481 e. The third-order valence-corrected chi connectivity index (χ3v) is 3.53. The van der Waals surface area contributed by atoms with E-state index in [0.717, 1.165) is 0 Å². The Morgan fingerprint density at radius 2 is 1.64 bits per heavy atom. The number of carboxylic acids is 2. The monoisotopic (exact) mass is 378 g/mol. The number of thioether (sulfide) groups is 1. The summed E-state index contributed by atoms with van der Waals surface area (Å²) in [5.74, 6) is -4.34. The zero-order valence-electron chi connectivity index (χ0n) is 13.6. The van der Waals surface area contributed by atoms with E-state index in [2.05, 4.69) is 10.6 Å². The van der Waals surface area contributed by atoms with Crippen molar-refractivity contribution in [3.8, 4) is 0 Å². The molecule has 0 aliphatic carbocycles. The van der Waals surface area contributed by atoms with Crippen molar-refractivity contribution in [3.05, 3.63) is 0 Å². The van der Waals surface area contributed by atoms with E-state index in [-0.39, 0.29) is 6.54 Å². The van der Waals surface area contributed by atoms with Crippen LogP contribution >= 0.6 is 11.8 Å². The molecule has 0 aromatic carbocycles. The summed E-state index contributed by atoms with van der Waals surface area (Å²) in [6.45, 7) is -0.852. The van der Waals surface area contributed by atoms with Crippen LogP contribution in [-0.4, -0.2) is 77.1 Å². The van der Waals surface area contributed by atoms with Crippen molar-refractivity contribution in [2.75, 3.05) is 25.1 Å². The zero-order valence-corrected chi connectivity index (χ0v) is 14.4. The summed E-state index contributed by atoms with van der Waals surface area (Å²) in [5, 5.41) is 24.1. The number of hydrogen-bond acceptors (Lipinski definition) is 7. The average Bonchev–Trinajstić information content (AvgIpc) is 2.54. The number of aliphatic carboxylic acids is 2. The molecule has 0 aliphatic heterocycles. The molecule has 0 rings (SSSR count). The van der Waals surface area contributed by atoms with E-state index in [1.807, 2.05) is 11.6 Å². The second-order valence-corrected chi connectivity index (χ2v) is 5.87. The van der Waals surface area contributed by atoms with Crippen molar-refractivity contribution in [2.45, 2.75) is 24.9 Å². The minimum atomic E-state index is -1.61. The molecule has 11 nitrogen and oxygen atoms in total. The van der Waals surface area contributed by atoms with Gasteiger partial charge in [-0.3, -0.25) is 19.2 Å². The lowest BCUT2D eigenvalue weighted by Gasteiger charge is -2.18. The standard InChI is InChI=1S/C13H22N4O7S/c1-25-3-2-7(16-9(18)5-14)12(22)15-6-10(19)17-8(13(23)24)4-11(20)21/h7-8H,2-6,14H2,1H3,(H,15,22)(H,16,18)(H,17,19)(H,20,21)(H,23,24). The highest BCUT2D eigenvalue weighted by atomic mass is 32.2. The van der Waals surface area contributed by atoms with Crippen molar-refractivity contribution >= 4 is 41.4 Å². The Morgan fingerprint density at radius 3 is 2.12 bits per heavy atom. The van der Waals surface area contributed by atoms with Crippen molar-refractivity contribution < 1.29 is 34.2 Å². The Labute approximate surface area is 148 Å². The Bertz CT molecular complexity index is 515. The number of nitrogens with two attached hydrogens (primary N) is 1. The smallest absolute Gasteiger partial charge is 0.326 e. The predicted molar refractivity (Wildman–Crippen MR) is 88.8 cm³/mol. The second kappa shape index (κ2) is 12.1. The van der Waals surface area contributed by atoms with E-state index in [1.54, 1.807) is 0 Å². The van der Waals surface area contributed by atoms with E-state index in [4.69, 9.17) is 15.9 Å². The highest BCUT2D eigenvalue weighted by Gasteiger charge is 2.24. The highest BCUT2D eigenvalue weighted by molar-refractivity contribution is 7.98. The van der Waals surface area contributed by atoms with Crippen LogP contribution in [0.1, 0.15) is 12.8 Å². The molecule has 3 amide bonds. The van der Waals surface area contributed by atoms with Gasteiger partial charge in [-0.15, -0.1) is 0 Å². The van der Waals surface area contributed by atoms with Crippen molar-refractivity contribution in [1.29, 1.82) is 0 Å². The van der Waals surface area contributed by atoms with Crippen LogP contribution in [-0.2, 0) is 24.0 Å². The molecule has 0 fully saturated rings. The normalized spacial score (nSPS) is 12.6. The first-order valence-corrected chi connectivity index (χ1v) is 8.60. The van der Waals surface area contributed by atoms with Gasteiger partial charge in [0.05, 0.1) is 19.5 Å². The van der Waals surface area contributed by atoms with Crippen LogP contribution in [0.2, 0.25) is 0 Å². The number of carbonyl (C=O) groups is 5. The van der Waals surface area contributed by atoms with Crippen LogP contribution in [0.4, 0.5) is 0 Å². The number of amides is 3. The van der Waals surface area contributed by atoms with Gasteiger partial charge in [0.25, 0.3) is 0 Å². The Morgan fingerprint density at radius 1 is 1.04 bits per heavy atom. The molecule has 0 saturated carbocycles. The molecule has 0 spiro atoms. The van der Waals surface area contributed by atoms with Gasteiger partial charge in [0.15, 0.2) is 0 Å². The van der Waals surface area contributed by atoms with Crippen LogP contribution in [0.25, 0.3) is 0 Å². The molecule has 0 aliphatic rings. The van der Waals surface area contributed by atoms with E-state index < -0.39 is 54.7 Å². The lowest BCUT2D eigenvalue weighted by atomic mass is 10.2. The number of nitrogens with one attached hydrogen (secondary N) is 3. The molecule has 0 saturated heterocycles. The van der Waals surface area contributed by atoms with Gasteiger partial charge in [0.1, 0.15) is 12.1 Å². The first-order chi connectivity index (χ1) is 11.7. The van der Waals surface area contributed by atoms with Gasteiger partial charge in [0.2, 0.25) is 17.7 Å². The summed E-state index contributed by atoms with van der Waals surface area (Å²) in [6.07, 6.45) is 1.34. The Balaban J connectivity index is 4.59. The van der Waals surface area contributed by atoms with Crippen LogP contribution in [0.3, 0.4) is 0 Å². The van der Waals surface area contributed by atoms with E-state index >= 15 is 0 Å². The Kier molecular flexibility index (Phi) is 11.0. The molecule has 142 valence electrons. The van der Waals surface area contributed by atoms with Crippen molar-refractivity contribution in [1.82, 2.24) is 16.0 Å². The lowest BCUT2D eigenvalue weighted by molar-refractivity contribution is -0.147. The molecular formula is C13H22N4O7S. The van der Waals surface area contributed by atoms with Crippen LogP contribution in [0.15, 0.2) is 0 Å². The fourth-order valence-corrected chi connectivity index (χ4v) is 2.14. The fraction of sp³-hybridized carbons (Fsp3) is 0.615.